The summed E-state index contributed by atoms with van der Waals surface area (Å²) in [5, 5.41) is 3.86. The lowest BCUT2D eigenvalue weighted by molar-refractivity contribution is -0.131. The van der Waals surface area contributed by atoms with Crippen LogP contribution in [0, 0.1) is 19.7 Å². The van der Waals surface area contributed by atoms with E-state index in [1.165, 1.54) is 12.1 Å². The molecule has 0 unspecified atom stereocenters. The number of amides is 2. The second-order valence-corrected chi connectivity index (χ2v) is 7.14. The van der Waals surface area contributed by atoms with Crippen LogP contribution in [0.1, 0.15) is 27.4 Å². The molecule has 0 saturated carbocycles. The zero-order valence-electron chi connectivity index (χ0n) is 14.6. The van der Waals surface area contributed by atoms with Crippen molar-refractivity contribution in [1.82, 2.24) is 15.0 Å². The van der Waals surface area contributed by atoms with Crippen LogP contribution < -0.4 is 0 Å². The molecule has 1 fully saturated rings. The number of hydrogen-bond acceptors (Lipinski definition) is 4. The van der Waals surface area contributed by atoms with Gasteiger partial charge in [0.1, 0.15) is 11.6 Å². The number of halogens is 2. The van der Waals surface area contributed by atoms with Crippen molar-refractivity contribution in [3.8, 4) is 0 Å². The molecular formula is C18H19BrFN3O3. The van der Waals surface area contributed by atoms with Crippen LogP contribution in [0.25, 0.3) is 0 Å². The molecule has 26 heavy (non-hydrogen) atoms. The van der Waals surface area contributed by atoms with Crippen LogP contribution in [0.2, 0.25) is 0 Å². The molecule has 1 aliphatic heterocycles. The van der Waals surface area contributed by atoms with Gasteiger partial charge in [0, 0.05) is 37.3 Å². The Hall–Kier alpha value is -2.22. The Labute approximate surface area is 159 Å². The molecule has 0 bridgehead atoms. The van der Waals surface area contributed by atoms with E-state index in [9.17, 15) is 14.0 Å². The van der Waals surface area contributed by atoms with Crippen molar-refractivity contribution < 1.29 is 18.5 Å². The van der Waals surface area contributed by atoms with Crippen molar-refractivity contribution in [3.05, 3.63) is 51.1 Å². The summed E-state index contributed by atoms with van der Waals surface area (Å²) in [5.74, 6) is -0.0542. The van der Waals surface area contributed by atoms with E-state index in [1.54, 1.807) is 22.8 Å². The van der Waals surface area contributed by atoms with Gasteiger partial charge in [0.15, 0.2) is 0 Å². The lowest BCUT2D eigenvalue weighted by Crippen LogP contribution is -2.51. The number of aryl methyl sites for hydroxylation is 2. The van der Waals surface area contributed by atoms with E-state index in [0.29, 0.717) is 42.0 Å². The molecular weight excluding hydrogens is 405 g/mol. The summed E-state index contributed by atoms with van der Waals surface area (Å²) in [4.78, 5) is 28.4. The van der Waals surface area contributed by atoms with Gasteiger partial charge in [-0.1, -0.05) is 5.16 Å². The Morgan fingerprint density at radius 3 is 2.42 bits per heavy atom. The smallest absolute Gasteiger partial charge is 0.254 e. The van der Waals surface area contributed by atoms with Crippen LogP contribution in [-0.2, 0) is 11.2 Å². The minimum absolute atomic E-state index is 0.0128. The highest BCUT2D eigenvalue weighted by molar-refractivity contribution is 9.10. The predicted molar refractivity (Wildman–Crippen MR) is 96.3 cm³/mol. The van der Waals surface area contributed by atoms with Crippen LogP contribution >= 0.6 is 15.9 Å². The van der Waals surface area contributed by atoms with Crippen LogP contribution in [0.3, 0.4) is 0 Å². The van der Waals surface area contributed by atoms with E-state index < -0.39 is 5.82 Å². The highest BCUT2D eigenvalue weighted by Gasteiger charge is 2.26. The first-order chi connectivity index (χ1) is 12.4. The number of rotatable bonds is 3. The molecule has 0 atom stereocenters. The fraction of sp³-hybridized carbons (Fsp3) is 0.389. The van der Waals surface area contributed by atoms with E-state index >= 15 is 0 Å². The van der Waals surface area contributed by atoms with E-state index in [2.05, 4.69) is 21.1 Å². The van der Waals surface area contributed by atoms with E-state index in [1.807, 2.05) is 6.92 Å². The van der Waals surface area contributed by atoms with Crippen molar-refractivity contribution in [3.63, 3.8) is 0 Å². The SMILES string of the molecule is Cc1noc(C)c1CC(=O)N1CCN(C(=O)c2ccc(Br)c(F)c2)CC1. The maximum atomic E-state index is 13.6. The average Bonchev–Trinajstić information content (AvgIpc) is 2.95. The lowest BCUT2D eigenvalue weighted by atomic mass is 10.1. The number of piperazine rings is 1. The summed E-state index contributed by atoms with van der Waals surface area (Å²) in [6.45, 7) is 5.34. The van der Waals surface area contributed by atoms with Gasteiger partial charge in [-0.05, 0) is 48.0 Å². The number of aromatic nitrogens is 1. The molecule has 0 radical (unpaired) electrons. The summed E-state index contributed by atoms with van der Waals surface area (Å²) in [7, 11) is 0. The highest BCUT2D eigenvalue weighted by Crippen LogP contribution is 2.19. The molecule has 3 rings (SSSR count). The monoisotopic (exact) mass is 423 g/mol. The van der Waals surface area contributed by atoms with Gasteiger partial charge in [-0.25, -0.2) is 4.39 Å². The van der Waals surface area contributed by atoms with Gasteiger partial charge in [0.2, 0.25) is 5.91 Å². The molecule has 0 aliphatic carbocycles. The zero-order valence-corrected chi connectivity index (χ0v) is 16.2. The van der Waals surface area contributed by atoms with Crippen molar-refractivity contribution in [2.24, 2.45) is 0 Å². The van der Waals surface area contributed by atoms with Crippen LogP contribution in [0.5, 0.6) is 0 Å². The second kappa shape index (κ2) is 7.57. The van der Waals surface area contributed by atoms with Gasteiger partial charge in [-0.2, -0.15) is 0 Å². The third kappa shape index (κ3) is 3.80. The molecule has 0 N–H and O–H groups in total. The van der Waals surface area contributed by atoms with Crippen molar-refractivity contribution >= 4 is 27.7 Å². The Morgan fingerprint density at radius 1 is 1.19 bits per heavy atom. The lowest BCUT2D eigenvalue weighted by Gasteiger charge is -2.35. The molecule has 6 nitrogen and oxygen atoms in total. The van der Waals surface area contributed by atoms with E-state index in [0.717, 1.165) is 11.3 Å². The molecule has 2 heterocycles. The van der Waals surface area contributed by atoms with Gasteiger partial charge in [-0.15, -0.1) is 0 Å². The standard InChI is InChI=1S/C18H19BrFN3O3/c1-11-14(12(2)26-21-11)10-17(24)22-5-7-23(8-6-22)18(25)13-3-4-15(19)16(20)9-13/h3-4,9H,5-8,10H2,1-2H3. The summed E-state index contributed by atoms with van der Waals surface area (Å²) in [6, 6.07) is 4.33. The maximum Gasteiger partial charge on any atom is 0.254 e. The number of nitrogens with zero attached hydrogens (tertiary/aromatic N) is 3. The Balaban J connectivity index is 1.59. The van der Waals surface area contributed by atoms with Crippen LogP contribution in [0.15, 0.2) is 27.2 Å². The molecule has 1 aromatic carbocycles. The molecule has 2 aromatic rings. The van der Waals surface area contributed by atoms with Gasteiger partial charge >= 0.3 is 0 Å². The van der Waals surface area contributed by atoms with Crippen molar-refractivity contribution in [1.29, 1.82) is 0 Å². The average molecular weight is 424 g/mol. The Kier molecular flexibility index (Phi) is 5.41. The van der Waals surface area contributed by atoms with E-state index in [-0.39, 0.29) is 18.2 Å². The first-order valence-electron chi connectivity index (χ1n) is 8.30. The normalized spacial score (nSPS) is 14.6. The summed E-state index contributed by atoms with van der Waals surface area (Å²) >= 11 is 3.08. The third-order valence-corrected chi connectivity index (χ3v) is 5.24. The van der Waals surface area contributed by atoms with Crippen molar-refractivity contribution in [2.45, 2.75) is 20.3 Å². The fourth-order valence-corrected chi connectivity index (χ4v) is 3.23. The Bertz CT molecular complexity index is 825. The number of carbonyl (C=O) groups is 2. The number of carbonyl (C=O) groups excluding carboxylic acids is 2. The van der Waals surface area contributed by atoms with Gasteiger partial charge in [0.25, 0.3) is 5.91 Å². The van der Waals surface area contributed by atoms with E-state index in [4.69, 9.17) is 4.52 Å². The highest BCUT2D eigenvalue weighted by atomic mass is 79.9. The minimum Gasteiger partial charge on any atom is -0.361 e. The molecule has 0 spiro atoms. The molecule has 2 amide bonds. The number of benzene rings is 1. The first kappa shape index (κ1) is 18.6. The molecule has 1 aromatic heterocycles. The first-order valence-corrected chi connectivity index (χ1v) is 9.10. The molecule has 138 valence electrons. The molecule has 1 saturated heterocycles. The summed E-state index contributed by atoms with van der Waals surface area (Å²) in [6.07, 6.45) is 0.243. The topological polar surface area (TPSA) is 66.7 Å². The van der Waals surface area contributed by atoms with Crippen LogP contribution in [-0.4, -0.2) is 52.9 Å². The molecule has 1 aliphatic rings. The van der Waals surface area contributed by atoms with Crippen LogP contribution in [0.4, 0.5) is 4.39 Å². The largest absolute Gasteiger partial charge is 0.361 e. The third-order valence-electron chi connectivity index (χ3n) is 4.60. The van der Waals surface area contributed by atoms with Gasteiger partial charge < -0.3 is 14.3 Å². The fourth-order valence-electron chi connectivity index (χ4n) is 2.99. The second-order valence-electron chi connectivity index (χ2n) is 6.28. The number of hydrogen-bond donors (Lipinski definition) is 0. The van der Waals surface area contributed by atoms with Crippen molar-refractivity contribution in [2.75, 3.05) is 26.2 Å². The predicted octanol–water partition coefficient (Wildman–Crippen LogP) is 2.72. The molecule has 8 heteroatoms. The zero-order chi connectivity index (χ0) is 18.8. The Morgan fingerprint density at radius 2 is 1.85 bits per heavy atom. The van der Waals surface area contributed by atoms with Gasteiger partial charge in [-0.3, -0.25) is 9.59 Å². The minimum atomic E-state index is -0.468. The maximum absolute atomic E-state index is 13.6. The quantitative estimate of drug-likeness (QED) is 0.760. The summed E-state index contributed by atoms with van der Waals surface area (Å²) < 4.78 is 19.1. The summed E-state index contributed by atoms with van der Waals surface area (Å²) in [5.41, 5.74) is 1.85. The van der Waals surface area contributed by atoms with Gasteiger partial charge in [0.05, 0.1) is 16.6 Å².